The van der Waals surface area contributed by atoms with E-state index in [4.69, 9.17) is 27.9 Å². The minimum atomic E-state index is -0.180. The van der Waals surface area contributed by atoms with Crippen LogP contribution in [0.4, 0.5) is 0 Å². The molecule has 0 aromatic carbocycles. The summed E-state index contributed by atoms with van der Waals surface area (Å²) in [5, 5.41) is 0.834. The van der Waals surface area contributed by atoms with Gasteiger partial charge in [0.25, 0.3) is 0 Å². The molecule has 0 amide bonds. The summed E-state index contributed by atoms with van der Waals surface area (Å²) in [6.07, 6.45) is 0.540. The molecule has 0 saturated carbocycles. The zero-order valence-corrected chi connectivity index (χ0v) is 11.4. The summed E-state index contributed by atoms with van der Waals surface area (Å²) < 4.78 is 5.34. The summed E-state index contributed by atoms with van der Waals surface area (Å²) in [6, 6.07) is 0. The Kier molecular flexibility index (Phi) is 4.96. The van der Waals surface area contributed by atoms with E-state index in [0.717, 1.165) is 12.0 Å². The van der Waals surface area contributed by atoms with Gasteiger partial charge in [0.1, 0.15) is 16.4 Å². The smallest absolute Gasteiger partial charge is 0.160 e. The van der Waals surface area contributed by atoms with Crippen molar-refractivity contribution in [1.82, 2.24) is 9.97 Å². The molecule has 1 unspecified atom stereocenters. The van der Waals surface area contributed by atoms with Gasteiger partial charge in [-0.2, -0.15) is 0 Å². The zero-order chi connectivity index (χ0) is 12.3. The Morgan fingerprint density at radius 2 is 1.69 bits per heavy atom. The standard InChI is InChI=1S/C11H16Cl2N2O/c1-5-7-9(12)14-11(15-10(7)13)8(16-4)6(2)3/h6,8H,5H2,1-4H3. The highest BCUT2D eigenvalue weighted by Gasteiger charge is 2.20. The van der Waals surface area contributed by atoms with Crippen LogP contribution in [0.15, 0.2) is 0 Å². The van der Waals surface area contributed by atoms with E-state index < -0.39 is 0 Å². The Bertz CT molecular complexity index is 346. The molecule has 0 spiro atoms. The molecule has 0 bridgehead atoms. The predicted octanol–water partition coefficient (Wildman–Crippen LogP) is 3.69. The number of halogens is 2. The van der Waals surface area contributed by atoms with Crippen molar-refractivity contribution in [3.05, 3.63) is 21.7 Å². The maximum atomic E-state index is 6.05. The van der Waals surface area contributed by atoms with Crippen molar-refractivity contribution in [2.24, 2.45) is 5.92 Å². The molecule has 1 aromatic rings. The number of ether oxygens (including phenoxy) is 1. The second-order valence-electron chi connectivity index (χ2n) is 3.90. The lowest BCUT2D eigenvalue weighted by Gasteiger charge is -2.18. The van der Waals surface area contributed by atoms with Crippen LogP contribution in [0, 0.1) is 5.92 Å². The van der Waals surface area contributed by atoms with Gasteiger partial charge in [-0.25, -0.2) is 9.97 Å². The van der Waals surface area contributed by atoms with E-state index in [1.807, 2.05) is 20.8 Å². The normalized spacial score (nSPS) is 13.2. The number of rotatable bonds is 4. The summed E-state index contributed by atoms with van der Waals surface area (Å²) in [6.45, 7) is 6.03. The van der Waals surface area contributed by atoms with E-state index in [1.165, 1.54) is 0 Å². The van der Waals surface area contributed by atoms with Gasteiger partial charge < -0.3 is 4.74 Å². The van der Waals surface area contributed by atoms with E-state index in [1.54, 1.807) is 7.11 Å². The number of nitrogens with zero attached hydrogens (tertiary/aromatic N) is 2. The van der Waals surface area contributed by atoms with Gasteiger partial charge >= 0.3 is 0 Å². The molecule has 1 heterocycles. The monoisotopic (exact) mass is 262 g/mol. The van der Waals surface area contributed by atoms with Crippen molar-refractivity contribution in [3.8, 4) is 0 Å². The predicted molar refractivity (Wildman–Crippen MR) is 66.0 cm³/mol. The highest BCUT2D eigenvalue weighted by molar-refractivity contribution is 6.34. The molecule has 0 saturated heterocycles. The molecular formula is C11H16Cl2N2O. The van der Waals surface area contributed by atoms with Crippen molar-refractivity contribution < 1.29 is 4.74 Å². The number of hydrogen-bond acceptors (Lipinski definition) is 3. The Labute approximate surface area is 106 Å². The van der Waals surface area contributed by atoms with Crippen LogP contribution in [0.5, 0.6) is 0 Å². The summed E-state index contributed by atoms with van der Waals surface area (Å²) in [4.78, 5) is 8.48. The molecule has 0 aliphatic carbocycles. The number of aromatic nitrogens is 2. The maximum absolute atomic E-state index is 6.05. The SMILES string of the molecule is CCc1c(Cl)nc(C(OC)C(C)C)nc1Cl. The van der Waals surface area contributed by atoms with Gasteiger partial charge in [-0.3, -0.25) is 0 Å². The van der Waals surface area contributed by atoms with Crippen molar-refractivity contribution in [3.63, 3.8) is 0 Å². The van der Waals surface area contributed by atoms with Gasteiger partial charge in [0.2, 0.25) is 0 Å². The fourth-order valence-corrected chi connectivity index (χ4v) is 2.21. The third-order valence-electron chi connectivity index (χ3n) is 2.39. The van der Waals surface area contributed by atoms with Crippen LogP contribution in [0.3, 0.4) is 0 Å². The molecule has 90 valence electrons. The summed E-state index contributed by atoms with van der Waals surface area (Å²) in [5.41, 5.74) is 0.783. The topological polar surface area (TPSA) is 35.0 Å². The van der Waals surface area contributed by atoms with Crippen LogP contribution in [-0.4, -0.2) is 17.1 Å². The quantitative estimate of drug-likeness (QED) is 0.777. The van der Waals surface area contributed by atoms with Crippen molar-refractivity contribution in [2.75, 3.05) is 7.11 Å². The Balaban J connectivity index is 3.16. The Morgan fingerprint density at radius 3 is 2.00 bits per heavy atom. The van der Waals surface area contributed by atoms with E-state index in [-0.39, 0.29) is 12.0 Å². The number of methoxy groups -OCH3 is 1. The van der Waals surface area contributed by atoms with Crippen LogP contribution in [0.2, 0.25) is 10.3 Å². The molecule has 5 heteroatoms. The second-order valence-corrected chi connectivity index (χ2v) is 4.61. The second kappa shape index (κ2) is 5.80. The molecule has 16 heavy (non-hydrogen) atoms. The van der Waals surface area contributed by atoms with Gasteiger partial charge in [-0.15, -0.1) is 0 Å². The Hall–Kier alpha value is -0.380. The lowest BCUT2D eigenvalue weighted by Crippen LogP contribution is -2.14. The van der Waals surface area contributed by atoms with Crippen molar-refractivity contribution in [2.45, 2.75) is 33.3 Å². The summed E-state index contributed by atoms with van der Waals surface area (Å²) >= 11 is 12.1. The van der Waals surface area contributed by atoms with E-state index in [0.29, 0.717) is 16.1 Å². The van der Waals surface area contributed by atoms with E-state index in [2.05, 4.69) is 9.97 Å². The molecule has 0 aliphatic heterocycles. The summed E-state index contributed by atoms with van der Waals surface area (Å²) in [7, 11) is 1.63. The largest absolute Gasteiger partial charge is 0.373 e. The first-order chi connectivity index (χ1) is 7.51. The molecule has 1 aromatic heterocycles. The molecule has 1 rings (SSSR count). The van der Waals surface area contributed by atoms with Crippen molar-refractivity contribution >= 4 is 23.2 Å². The van der Waals surface area contributed by atoms with Gasteiger partial charge in [0.05, 0.1) is 0 Å². The minimum Gasteiger partial charge on any atom is -0.373 e. The lowest BCUT2D eigenvalue weighted by atomic mass is 10.1. The van der Waals surface area contributed by atoms with Crippen molar-refractivity contribution in [1.29, 1.82) is 0 Å². The molecule has 0 radical (unpaired) electrons. The fraction of sp³-hybridized carbons (Fsp3) is 0.636. The first kappa shape index (κ1) is 13.7. The van der Waals surface area contributed by atoms with Gasteiger partial charge in [-0.05, 0) is 12.3 Å². The van der Waals surface area contributed by atoms with Gasteiger partial charge in [-0.1, -0.05) is 44.0 Å². The third kappa shape index (κ3) is 2.84. The minimum absolute atomic E-state index is 0.180. The maximum Gasteiger partial charge on any atom is 0.160 e. The van der Waals surface area contributed by atoms with E-state index in [9.17, 15) is 0 Å². The first-order valence-electron chi connectivity index (χ1n) is 5.25. The fourth-order valence-electron chi connectivity index (χ4n) is 1.54. The highest BCUT2D eigenvalue weighted by Crippen LogP contribution is 2.27. The third-order valence-corrected chi connectivity index (χ3v) is 3.02. The molecule has 0 aliphatic rings. The van der Waals surface area contributed by atoms with Crippen LogP contribution in [-0.2, 0) is 11.2 Å². The molecule has 0 fully saturated rings. The average molecular weight is 263 g/mol. The van der Waals surface area contributed by atoms with Crippen LogP contribution in [0.1, 0.15) is 38.3 Å². The first-order valence-corrected chi connectivity index (χ1v) is 6.01. The lowest BCUT2D eigenvalue weighted by molar-refractivity contribution is 0.0574. The highest BCUT2D eigenvalue weighted by atomic mass is 35.5. The summed E-state index contributed by atoms with van der Waals surface area (Å²) in [5.74, 6) is 0.814. The molecule has 3 nitrogen and oxygen atoms in total. The molecule has 0 N–H and O–H groups in total. The molecule has 1 atom stereocenters. The van der Waals surface area contributed by atoms with Gasteiger partial charge in [0.15, 0.2) is 5.82 Å². The van der Waals surface area contributed by atoms with Gasteiger partial charge in [0, 0.05) is 12.7 Å². The molecular weight excluding hydrogens is 247 g/mol. The number of hydrogen-bond donors (Lipinski definition) is 0. The van der Waals surface area contributed by atoms with Crippen LogP contribution >= 0.6 is 23.2 Å². The average Bonchev–Trinajstić information content (AvgIpc) is 2.17. The zero-order valence-electron chi connectivity index (χ0n) is 9.92. The van der Waals surface area contributed by atoms with Crippen LogP contribution in [0.25, 0.3) is 0 Å². The van der Waals surface area contributed by atoms with Crippen LogP contribution < -0.4 is 0 Å². The van der Waals surface area contributed by atoms with E-state index >= 15 is 0 Å². The Morgan fingerprint density at radius 1 is 1.19 bits per heavy atom.